The Morgan fingerprint density at radius 1 is 1.50 bits per heavy atom. The van der Waals surface area contributed by atoms with Gasteiger partial charge < -0.3 is 4.79 Å². The van der Waals surface area contributed by atoms with Crippen LogP contribution in [0.2, 0.25) is 0 Å². The Kier molecular flexibility index (Phi) is 2.25. The maximum Gasteiger partial charge on any atom is 0.185 e. The molecule has 0 bridgehead atoms. The van der Waals surface area contributed by atoms with Crippen LogP contribution in [-0.4, -0.2) is 18.1 Å². The molecule has 0 aliphatic carbocycles. The molecule has 0 saturated heterocycles. The molecule has 5 nitrogen and oxygen atoms in total. The van der Waals surface area contributed by atoms with E-state index in [4.69, 9.17) is 11.5 Å². The summed E-state index contributed by atoms with van der Waals surface area (Å²) in [7, 11) is 0. The van der Waals surface area contributed by atoms with Gasteiger partial charge in [0.05, 0.1) is 0 Å². The smallest absolute Gasteiger partial charge is 0.185 e. The predicted molar refractivity (Wildman–Crippen MR) is 44.1 cm³/mol. The van der Waals surface area contributed by atoms with Gasteiger partial charge in [0, 0.05) is 5.92 Å². The summed E-state index contributed by atoms with van der Waals surface area (Å²) in [6, 6.07) is -0.472. The van der Waals surface area contributed by atoms with Crippen molar-refractivity contribution in [2.24, 2.45) is 33.5 Å². The molecule has 68 valence electrons. The van der Waals surface area contributed by atoms with Crippen LogP contribution in [0.3, 0.4) is 0 Å². The van der Waals surface area contributed by atoms with Crippen LogP contribution in [-0.2, 0) is 4.79 Å². The topological polar surface area (TPSA) is 93.8 Å². The monoisotopic (exact) mass is 170 g/mol. The lowest BCUT2D eigenvalue weighted by atomic mass is 9.85. The number of rotatable bonds is 2. The second kappa shape index (κ2) is 2.91. The van der Waals surface area contributed by atoms with E-state index in [9.17, 15) is 4.79 Å². The number of aldehydes is 1. The average Bonchev–Trinajstić information content (AvgIpc) is 2.24. The Morgan fingerprint density at radius 2 is 2.08 bits per heavy atom. The molecule has 5 heteroatoms. The molecule has 12 heavy (non-hydrogen) atoms. The lowest BCUT2D eigenvalue weighted by molar-refractivity contribution is -0.110. The van der Waals surface area contributed by atoms with Gasteiger partial charge >= 0.3 is 0 Å². The number of hydrogen-bond acceptors (Lipinski definition) is 5. The van der Waals surface area contributed by atoms with Crippen molar-refractivity contribution < 1.29 is 4.79 Å². The van der Waals surface area contributed by atoms with Crippen LogP contribution in [0.5, 0.6) is 0 Å². The third kappa shape index (κ3) is 1.37. The molecular formula is C7H14N4O. The summed E-state index contributed by atoms with van der Waals surface area (Å²) in [6.07, 6.45) is 0.746. The van der Waals surface area contributed by atoms with Gasteiger partial charge in [0.2, 0.25) is 0 Å². The minimum absolute atomic E-state index is 0.185. The third-order valence-electron chi connectivity index (χ3n) is 2.12. The molecule has 2 atom stereocenters. The molecule has 0 spiro atoms. The molecule has 1 aliphatic heterocycles. The number of hydrogen-bond donors (Lipinski definition) is 2. The lowest BCUT2D eigenvalue weighted by Crippen LogP contribution is -2.56. The predicted octanol–water partition coefficient (Wildman–Crippen LogP) is -0.137. The quantitative estimate of drug-likeness (QED) is 0.446. The Bertz CT molecular complexity index is 211. The largest absolute Gasteiger partial charge is 0.301 e. The molecule has 1 heterocycles. The zero-order chi connectivity index (χ0) is 9.35. The maximum absolute atomic E-state index is 10.5. The number of nitrogens with zero attached hydrogens (tertiary/aromatic N) is 2. The summed E-state index contributed by atoms with van der Waals surface area (Å²) in [5, 5.41) is 7.39. The van der Waals surface area contributed by atoms with Crippen LogP contribution in [0.25, 0.3) is 0 Å². The van der Waals surface area contributed by atoms with E-state index in [-0.39, 0.29) is 11.8 Å². The fraction of sp³-hybridized carbons (Fsp3) is 0.857. The second-order valence-corrected chi connectivity index (χ2v) is 3.50. The summed E-state index contributed by atoms with van der Waals surface area (Å²) < 4.78 is 0. The maximum atomic E-state index is 10.5. The van der Waals surface area contributed by atoms with E-state index in [1.165, 1.54) is 0 Å². The average molecular weight is 170 g/mol. The fourth-order valence-corrected chi connectivity index (χ4v) is 1.62. The molecule has 2 unspecified atom stereocenters. The third-order valence-corrected chi connectivity index (χ3v) is 2.12. The van der Waals surface area contributed by atoms with Gasteiger partial charge in [-0.1, -0.05) is 13.8 Å². The Morgan fingerprint density at radius 3 is 2.42 bits per heavy atom. The summed E-state index contributed by atoms with van der Waals surface area (Å²) >= 11 is 0. The highest BCUT2D eigenvalue weighted by atomic mass is 16.1. The first-order chi connectivity index (χ1) is 5.49. The van der Waals surface area contributed by atoms with Gasteiger partial charge in [0.1, 0.15) is 12.3 Å². The molecule has 0 saturated carbocycles. The van der Waals surface area contributed by atoms with Crippen molar-refractivity contribution in [2.75, 3.05) is 0 Å². The number of carbonyl (C=O) groups excluding carboxylic acids is 1. The molecule has 4 N–H and O–H groups in total. The standard InChI is InChI=1S/C7H14N4O/c1-4(2)6-5(3-12)10-11-7(6,8)9/h3-6H,8-9H2,1-2H3. The molecule has 0 radical (unpaired) electrons. The summed E-state index contributed by atoms with van der Waals surface area (Å²) in [4.78, 5) is 10.5. The van der Waals surface area contributed by atoms with E-state index >= 15 is 0 Å². The van der Waals surface area contributed by atoms with Gasteiger partial charge in [-0.15, -0.1) is 0 Å². The minimum Gasteiger partial charge on any atom is -0.301 e. The summed E-state index contributed by atoms with van der Waals surface area (Å²) in [5.41, 5.74) is 11.3. The van der Waals surface area contributed by atoms with E-state index in [0.717, 1.165) is 6.29 Å². The van der Waals surface area contributed by atoms with Crippen LogP contribution in [0.4, 0.5) is 0 Å². The zero-order valence-electron chi connectivity index (χ0n) is 7.27. The van der Waals surface area contributed by atoms with Crippen molar-refractivity contribution in [2.45, 2.75) is 25.7 Å². The van der Waals surface area contributed by atoms with Crippen LogP contribution in [0.15, 0.2) is 10.2 Å². The molecule has 0 amide bonds. The zero-order valence-corrected chi connectivity index (χ0v) is 7.27. The van der Waals surface area contributed by atoms with Crippen molar-refractivity contribution >= 4 is 6.29 Å². The second-order valence-electron chi connectivity index (χ2n) is 3.50. The van der Waals surface area contributed by atoms with Crippen molar-refractivity contribution in [1.82, 2.24) is 0 Å². The fourth-order valence-electron chi connectivity index (χ4n) is 1.62. The van der Waals surface area contributed by atoms with Gasteiger partial charge in [-0.05, 0) is 5.92 Å². The summed E-state index contributed by atoms with van der Waals surface area (Å²) in [6.45, 7) is 3.90. The Labute approximate surface area is 71.2 Å². The van der Waals surface area contributed by atoms with Crippen LogP contribution in [0, 0.1) is 11.8 Å². The number of nitrogens with two attached hydrogens (primary N) is 2. The molecule has 0 aromatic carbocycles. The van der Waals surface area contributed by atoms with E-state index in [0.29, 0.717) is 0 Å². The Balaban J connectivity index is 2.86. The molecule has 1 rings (SSSR count). The lowest BCUT2D eigenvalue weighted by Gasteiger charge is -2.27. The van der Waals surface area contributed by atoms with Gasteiger partial charge in [0.25, 0.3) is 0 Å². The van der Waals surface area contributed by atoms with Crippen LogP contribution < -0.4 is 11.5 Å². The highest BCUT2D eigenvalue weighted by Crippen LogP contribution is 2.30. The Hall–Kier alpha value is -0.810. The highest BCUT2D eigenvalue weighted by molar-refractivity contribution is 5.59. The van der Waals surface area contributed by atoms with Crippen LogP contribution >= 0.6 is 0 Å². The molecule has 0 aromatic rings. The van der Waals surface area contributed by atoms with E-state index in [1.54, 1.807) is 0 Å². The molecule has 1 aliphatic rings. The van der Waals surface area contributed by atoms with Crippen LogP contribution in [0.1, 0.15) is 13.8 Å². The first-order valence-electron chi connectivity index (χ1n) is 3.94. The number of carbonyl (C=O) groups is 1. The van der Waals surface area contributed by atoms with Crippen molar-refractivity contribution in [3.05, 3.63) is 0 Å². The van der Waals surface area contributed by atoms with Gasteiger partial charge in [-0.25, -0.2) is 0 Å². The molecular weight excluding hydrogens is 156 g/mol. The summed E-state index contributed by atoms with van der Waals surface area (Å²) in [5.74, 6) is -1.15. The SMILES string of the molecule is CC(C)C1C(C=O)N=NC1(N)N. The van der Waals surface area contributed by atoms with Gasteiger partial charge in [0.15, 0.2) is 5.79 Å². The highest BCUT2D eigenvalue weighted by Gasteiger charge is 2.44. The van der Waals surface area contributed by atoms with E-state index < -0.39 is 11.8 Å². The van der Waals surface area contributed by atoms with E-state index in [2.05, 4.69) is 10.2 Å². The molecule has 0 aromatic heterocycles. The first-order valence-corrected chi connectivity index (χ1v) is 3.94. The van der Waals surface area contributed by atoms with Gasteiger partial charge in [-0.3, -0.25) is 11.5 Å². The normalized spacial score (nSPS) is 32.8. The van der Waals surface area contributed by atoms with E-state index in [1.807, 2.05) is 13.8 Å². The van der Waals surface area contributed by atoms with Crippen molar-refractivity contribution in [1.29, 1.82) is 0 Å². The van der Waals surface area contributed by atoms with Crippen molar-refractivity contribution in [3.63, 3.8) is 0 Å². The molecule has 0 fully saturated rings. The minimum atomic E-state index is -1.17. The van der Waals surface area contributed by atoms with Crippen molar-refractivity contribution in [3.8, 4) is 0 Å². The first kappa shape index (κ1) is 9.28. The van der Waals surface area contributed by atoms with Gasteiger partial charge in [-0.2, -0.15) is 10.2 Å². The number of azo groups is 1.